The molecule has 0 spiro atoms. The summed E-state index contributed by atoms with van der Waals surface area (Å²) in [5.74, 6) is -0.0275. The molecule has 18 heavy (non-hydrogen) atoms. The van der Waals surface area contributed by atoms with Gasteiger partial charge in [0.2, 0.25) is 5.82 Å². The molecule has 9 heteroatoms. The number of hydrogen-bond acceptors (Lipinski definition) is 5. The Hall–Kier alpha value is -1.77. The van der Waals surface area contributed by atoms with Gasteiger partial charge in [-0.15, -0.1) is 5.10 Å². The maximum Gasteiger partial charge on any atom is 0.346 e. The summed E-state index contributed by atoms with van der Waals surface area (Å²) in [6, 6.07) is 0. The number of rotatable bonds is 6. The molecule has 0 radical (unpaired) electrons. The number of aromatic nitrogens is 3. The number of anilines is 1. The van der Waals surface area contributed by atoms with E-state index >= 15 is 0 Å². The van der Waals surface area contributed by atoms with Crippen LogP contribution in [0, 0.1) is 0 Å². The van der Waals surface area contributed by atoms with Crippen molar-refractivity contribution in [3.05, 3.63) is 20.8 Å². The summed E-state index contributed by atoms with van der Waals surface area (Å²) in [5.41, 5.74) is -1.12. The molecule has 0 saturated heterocycles. The Kier molecular flexibility index (Phi) is 4.95. The fourth-order valence-electron chi connectivity index (χ4n) is 1.22. The number of hydrogen-bond donors (Lipinski definition) is 1. The van der Waals surface area contributed by atoms with Crippen molar-refractivity contribution in [2.24, 2.45) is 14.1 Å². The average Bonchev–Trinajstić information content (AvgIpc) is 2.32. The third-order valence-corrected chi connectivity index (χ3v) is 2.10. The highest BCUT2D eigenvalue weighted by Gasteiger charge is 2.08. The highest BCUT2D eigenvalue weighted by atomic mass is 19.3. The summed E-state index contributed by atoms with van der Waals surface area (Å²) in [6.45, 7) is -0.494. The van der Waals surface area contributed by atoms with Crippen LogP contribution in [0.3, 0.4) is 0 Å². The lowest BCUT2D eigenvalue weighted by Gasteiger charge is -2.08. The second-order valence-corrected chi connectivity index (χ2v) is 3.51. The van der Waals surface area contributed by atoms with Crippen molar-refractivity contribution < 1.29 is 13.5 Å². The second kappa shape index (κ2) is 6.24. The van der Waals surface area contributed by atoms with Crippen LogP contribution in [0.25, 0.3) is 0 Å². The molecule has 0 aromatic carbocycles. The summed E-state index contributed by atoms with van der Waals surface area (Å²) < 4.78 is 30.0. The predicted octanol–water partition coefficient (Wildman–Crippen LogP) is -0.827. The largest absolute Gasteiger partial charge is 0.374 e. The molecule has 1 rings (SSSR count). The van der Waals surface area contributed by atoms with Crippen molar-refractivity contribution in [1.82, 2.24) is 14.3 Å². The van der Waals surface area contributed by atoms with E-state index in [1.54, 1.807) is 0 Å². The molecule has 0 fully saturated rings. The fraction of sp³-hybridized carbons (Fsp3) is 0.667. The Labute approximate surface area is 101 Å². The van der Waals surface area contributed by atoms with Crippen LogP contribution in [-0.4, -0.2) is 40.5 Å². The van der Waals surface area contributed by atoms with E-state index in [4.69, 9.17) is 0 Å². The van der Waals surface area contributed by atoms with Crippen LogP contribution in [0.1, 0.15) is 0 Å². The second-order valence-electron chi connectivity index (χ2n) is 3.51. The van der Waals surface area contributed by atoms with Crippen molar-refractivity contribution in [1.29, 1.82) is 0 Å². The molecule has 0 saturated carbocycles. The lowest BCUT2D eigenvalue weighted by Crippen LogP contribution is -2.40. The van der Waals surface area contributed by atoms with Crippen LogP contribution in [0.5, 0.6) is 0 Å². The topological polar surface area (TPSA) is 78.2 Å². The summed E-state index contributed by atoms with van der Waals surface area (Å²) in [5, 5.41) is 6.34. The van der Waals surface area contributed by atoms with Crippen LogP contribution in [0.2, 0.25) is 0 Å². The molecule has 1 heterocycles. The number of ether oxygens (including phenoxy) is 1. The van der Waals surface area contributed by atoms with Crippen molar-refractivity contribution in [2.75, 3.05) is 25.1 Å². The molecule has 1 N–H and O–H groups in total. The molecule has 0 aliphatic heterocycles. The normalized spacial score (nSPS) is 10.9. The van der Waals surface area contributed by atoms with E-state index in [0.717, 1.165) is 9.25 Å². The van der Waals surface area contributed by atoms with Crippen LogP contribution >= 0.6 is 0 Å². The molecular formula is C9H14F2N4O3. The van der Waals surface area contributed by atoms with Crippen molar-refractivity contribution in [2.45, 2.75) is 6.43 Å². The summed E-state index contributed by atoms with van der Waals surface area (Å²) >= 11 is 0. The third-order valence-electron chi connectivity index (χ3n) is 2.10. The van der Waals surface area contributed by atoms with Crippen molar-refractivity contribution in [3.63, 3.8) is 0 Å². The van der Waals surface area contributed by atoms with E-state index in [1.807, 2.05) is 0 Å². The number of nitrogens with zero attached hydrogens (tertiary/aromatic N) is 3. The Balaban J connectivity index is 2.59. The molecule has 1 aromatic heterocycles. The molecule has 102 valence electrons. The first kappa shape index (κ1) is 14.3. The highest BCUT2D eigenvalue weighted by Crippen LogP contribution is 1.93. The summed E-state index contributed by atoms with van der Waals surface area (Å²) in [7, 11) is 2.73. The van der Waals surface area contributed by atoms with Gasteiger partial charge in [-0.2, -0.15) is 0 Å². The molecule has 0 atom stereocenters. The van der Waals surface area contributed by atoms with Gasteiger partial charge in [0.15, 0.2) is 0 Å². The van der Waals surface area contributed by atoms with Crippen LogP contribution in [0.4, 0.5) is 14.6 Å². The molecule has 0 aliphatic carbocycles. The SMILES string of the molecule is Cn1nc(NCCOCC(F)F)c(=O)n(C)c1=O. The van der Waals surface area contributed by atoms with Crippen molar-refractivity contribution in [3.8, 4) is 0 Å². The van der Waals surface area contributed by atoms with E-state index in [1.165, 1.54) is 14.1 Å². The smallest absolute Gasteiger partial charge is 0.346 e. The van der Waals surface area contributed by atoms with E-state index in [2.05, 4.69) is 15.2 Å². The molecule has 0 bridgehead atoms. The standard InChI is InChI=1S/C9H14F2N4O3/c1-14-8(16)7(13-15(2)9(14)17)12-3-4-18-5-6(10)11/h6H,3-5H2,1-2H3,(H,12,13). The van der Waals surface area contributed by atoms with Crippen LogP contribution < -0.4 is 16.6 Å². The van der Waals surface area contributed by atoms with Gasteiger partial charge in [0.05, 0.1) is 6.61 Å². The Bertz CT molecular complexity index is 512. The number of halogens is 2. The zero-order chi connectivity index (χ0) is 13.7. The molecule has 1 aromatic rings. The van der Waals surface area contributed by atoms with E-state index in [-0.39, 0.29) is 19.0 Å². The summed E-state index contributed by atoms with van der Waals surface area (Å²) in [6.07, 6.45) is -2.52. The van der Waals surface area contributed by atoms with E-state index < -0.39 is 24.3 Å². The first-order valence-corrected chi connectivity index (χ1v) is 5.17. The predicted molar refractivity (Wildman–Crippen MR) is 60.0 cm³/mol. The monoisotopic (exact) mass is 264 g/mol. The fourth-order valence-corrected chi connectivity index (χ4v) is 1.22. The van der Waals surface area contributed by atoms with Gasteiger partial charge >= 0.3 is 5.69 Å². The first-order chi connectivity index (χ1) is 8.43. The van der Waals surface area contributed by atoms with E-state index in [9.17, 15) is 18.4 Å². The molecule has 0 aliphatic rings. The van der Waals surface area contributed by atoms with Gasteiger partial charge in [-0.1, -0.05) is 0 Å². The quantitative estimate of drug-likeness (QED) is 0.679. The third kappa shape index (κ3) is 3.62. The Morgan fingerprint density at radius 3 is 2.67 bits per heavy atom. The van der Waals surface area contributed by atoms with Gasteiger partial charge in [0.25, 0.3) is 12.0 Å². The first-order valence-electron chi connectivity index (χ1n) is 5.17. The molecule has 0 unspecified atom stereocenters. The maximum absolute atomic E-state index is 11.8. The average molecular weight is 264 g/mol. The van der Waals surface area contributed by atoms with Gasteiger partial charge in [-0.3, -0.25) is 9.36 Å². The van der Waals surface area contributed by atoms with E-state index in [0.29, 0.717) is 0 Å². The van der Waals surface area contributed by atoms with Crippen LogP contribution in [-0.2, 0) is 18.8 Å². The van der Waals surface area contributed by atoms with Gasteiger partial charge in [-0.25, -0.2) is 18.3 Å². The van der Waals surface area contributed by atoms with Gasteiger partial charge in [0, 0.05) is 20.6 Å². The molecular weight excluding hydrogens is 250 g/mol. The van der Waals surface area contributed by atoms with Gasteiger partial charge in [0.1, 0.15) is 6.61 Å². The lowest BCUT2D eigenvalue weighted by molar-refractivity contribution is 0.0214. The van der Waals surface area contributed by atoms with Crippen LogP contribution in [0.15, 0.2) is 9.59 Å². The Morgan fingerprint density at radius 2 is 2.06 bits per heavy atom. The number of aryl methyl sites for hydroxylation is 1. The minimum Gasteiger partial charge on any atom is -0.374 e. The number of alkyl halides is 2. The zero-order valence-electron chi connectivity index (χ0n) is 10.0. The summed E-state index contributed by atoms with van der Waals surface area (Å²) in [4.78, 5) is 22.9. The number of nitrogens with one attached hydrogen (secondary N) is 1. The minimum absolute atomic E-state index is 0.0119. The lowest BCUT2D eigenvalue weighted by atomic mass is 10.6. The molecule has 7 nitrogen and oxygen atoms in total. The van der Waals surface area contributed by atoms with Gasteiger partial charge < -0.3 is 10.1 Å². The minimum atomic E-state index is -2.52. The zero-order valence-corrected chi connectivity index (χ0v) is 10.0. The Morgan fingerprint density at radius 1 is 1.39 bits per heavy atom. The molecule has 0 amide bonds. The highest BCUT2D eigenvalue weighted by molar-refractivity contribution is 5.29. The maximum atomic E-state index is 11.8. The van der Waals surface area contributed by atoms with Gasteiger partial charge in [-0.05, 0) is 0 Å². The van der Waals surface area contributed by atoms with Crippen molar-refractivity contribution >= 4 is 5.82 Å².